The van der Waals surface area contributed by atoms with E-state index in [0.717, 1.165) is 0 Å². The van der Waals surface area contributed by atoms with Crippen LogP contribution in [0.2, 0.25) is 0 Å². The third-order valence-electron chi connectivity index (χ3n) is 2.23. The zero-order valence-electron chi connectivity index (χ0n) is 9.81. The number of non-ortho nitro benzene ring substituents is 1. The second kappa shape index (κ2) is 5.57. The summed E-state index contributed by atoms with van der Waals surface area (Å²) in [6, 6.07) is 3.91. The largest absolute Gasteiger partial charge is 0.441 e. The van der Waals surface area contributed by atoms with Gasteiger partial charge in [0.25, 0.3) is 11.7 Å². The number of halogens is 3. The molecule has 1 heterocycles. The van der Waals surface area contributed by atoms with Gasteiger partial charge in [-0.3, -0.25) is 10.1 Å². The molecule has 0 saturated heterocycles. The van der Waals surface area contributed by atoms with Gasteiger partial charge in [-0.2, -0.15) is 18.2 Å². The number of rotatable bonds is 5. The minimum atomic E-state index is -4.27. The Morgan fingerprint density at radius 2 is 2.20 bits per heavy atom. The molecule has 2 rings (SSSR count). The lowest BCUT2D eigenvalue weighted by Crippen LogP contribution is -2.09. The first kappa shape index (κ1) is 14.4. The van der Waals surface area contributed by atoms with Crippen molar-refractivity contribution in [3.8, 4) is 0 Å². The zero-order chi connectivity index (χ0) is 14.8. The number of nitrogens with zero attached hydrogens (tertiary/aromatic N) is 2. The molecular formula is C10H8F3N3O3S. The SMILES string of the molecule is O=[N+]([O-])c1ccc2oc(NCCSC(F)(F)F)nc2c1. The van der Waals surface area contributed by atoms with Crippen molar-refractivity contribution in [2.75, 3.05) is 17.6 Å². The molecule has 0 unspecified atom stereocenters. The lowest BCUT2D eigenvalue weighted by Gasteiger charge is -2.04. The van der Waals surface area contributed by atoms with E-state index < -0.39 is 10.4 Å². The van der Waals surface area contributed by atoms with Gasteiger partial charge < -0.3 is 9.73 Å². The highest BCUT2D eigenvalue weighted by Gasteiger charge is 2.27. The van der Waals surface area contributed by atoms with Crippen molar-refractivity contribution in [3.63, 3.8) is 0 Å². The lowest BCUT2D eigenvalue weighted by atomic mass is 10.3. The summed E-state index contributed by atoms with van der Waals surface area (Å²) in [5.74, 6) is -0.192. The van der Waals surface area contributed by atoms with Crippen molar-refractivity contribution >= 4 is 34.6 Å². The number of hydrogen-bond acceptors (Lipinski definition) is 6. The Balaban J connectivity index is 1.99. The van der Waals surface area contributed by atoms with Gasteiger partial charge in [0, 0.05) is 24.4 Å². The van der Waals surface area contributed by atoms with E-state index in [-0.39, 0.29) is 41.3 Å². The molecule has 0 radical (unpaired) electrons. The molecule has 20 heavy (non-hydrogen) atoms. The van der Waals surface area contributed by atoms with Crippen LogP contribution < -0.4 is 5.32 Å². The van der Waals surface area contributed by atoms with E-state index in [9.17, 15) is 23.3 Å². The molecule has 1 aromatic carbocycles. The Hall–Kier alpha value is -1.97. The van der Waals surface area contributed by atoms with E-state index in [2.05, 4.69) is 10.3 Å². The molecule has 0 amide bonds. The van der Waals surface area contributed by atoms with Crippen molar-refractivity contribution < 1.29 is 22.5 Å². The first-order valence-corrected chi connectivity index (χ1v) is 6.33. The van der Waals surface area contributed by atoms with Crippen LogP contribution in [0.25, 0.3) is 11.1 Å². The molecule has 0 saturated carbocycles. The maximum Gasteiger partial charge on any atom is 0.441 e. The normalized spacial score (nSPS) is 11.8. The number of aromatic nitrogens is 1. The number of hydrogen-bond donors (Lipinski definition) is 1. The Bertz CT molecular complexity index is 629. The van der Waals surface area contributed by atoms with Crippen LogP contribution in [-0.4, -0.2) is 27.7 Å². The van der Waals surface area contributed by atoms with Crippen LogP contribution >= 0.6 is 11.8 Å². The smallest absolute Gasteiger partial charge is 0.424 e. The Morgan fingerprint density at radius 1 is 1.45 bits per heavy atom. The number of benzene rings is 1. The summed E-state index contributed by atoms with van der Waals surface area (Å²) in [7, 11) is 0. The molecule has 0 aliphatic carbocycles. The first-order chi connectivity index (χ1) is 9.35. The highest BCUT2D eigenvalue weighted by atomic mass is 32.2. The number of anilines is 1. The van der Waals surface area contributed by atoms with E-state index in [1.54, 1.807) is 0 Å². The van der Waals surface area contributed by atoms with Crippen LogP contribution in [0.5, 0.6) is 0 Å². The minimum absolute atomic E-state index is 0.0130. The van der Waals surface area contributed by atoms with Crippen molar-refractivity contribution in [3.05, 3.63) is 28.3 Å². The van der Waals surface area contributed by atoms with Crippen LogP contribution in [0, 0.1) is 10.1 Å². The fourth-order valence-corrected chi connectivity index (χ4v) is 1.87. The summed E-state index contributed by atoms with van der Waals surface area (Å²) in [5, 5.41) is 13.2. The third kappa shape index (κ3) is 3.76. The maximum absolute atomic E-state index is 11.9. The van der Waals surface area contributed by atoms with Gasteiger partial charge >= 0.3 is 5.51 Å². The highest BCUT2D eigenvalue weighted by Crippen LogP contribution is 2.29. The lowest BCUT2D eigenvalue weighted by molar-refractivity contribution is -0.384. The number of nitro benzene ring substituents is 1. The van der Waals surface area contributed by atoms with Gasteiger partial charge in [-0.05, 0) is 17.8 Å². The monoisotopic (exact) mass is 307 g/mol. The molecule has 1 N–H and O–H groups in total. The minimum Gasteiger partial charge on any atom is -0.424 e. The molecular weight excluding hydrogens is 299 g/mol. The zero-order valence-corrected chi connectivity index (χ0v) is 10.6. The summed E-state index contributed by atoms with van der Waals surface area (Å²) < 4.78 is 40.9. The average Bonchev–Trinajstić information content (AvgIpc) is 2.75. The van der Waals surface area contributed by atoms with Crippen LogP contribution in [0.1, 0.15) is 0 Å². The first-order valence-electron chi connectivity index (χ1n) is 5.35. The van der Waals surface area contributed by atoms with Crippen LogP contribution in [0.4, 0.5) is 24.9 Å². The topological polar surface area (TPSA) is 81.2 Å². The number of oxazole rings is 1. The number of alkyl halides is 3. The van der Waals surface area contributed by atoms with E-state index in [1.165, 1.54) is 18.2 Å². The molecule has 0 bridgehead atoms. The summed E-state index contributed by atoms with van der Waals surface area (Å²) in [6.45, 7) is 0.0130. The maximum atomic E-state index is 11.9. The summed E-state index contributed by atoms with van der Waals surface area (Å²) in [4.78, 5) is 13.9. The summed E-state index contributed by atoms with van der Waals surface area (Å²) in [5.41, 5.74) is -3.82. The molecule has 10 heteroatoms. The van der Waals surface area contributed by atoms with Crippen LogP contribution in [0.15, 0.2) is 22.6 Å². The second-order valence-corrected chi connectivity index (χ2v) is 4.81. The van der Waals surface area contributed by atoms with Crippen molar-refractivity contribution in [1.82, 2.24) is 4.98 Å². The second-order valence-electron chi connectivity index (χ2n) is 3.65. The van der Waals surface area contributed by atoms with E-state index in [1.807, 2.05) is 0 Å². The Labute approximate surface area is 114 Å². The molecule has 2 aromatic rings. The third-order valence-corrected chi connectivity index (χ3v) is 2.96. The molecule has 6 nitrogen and oxygen atoms in total. The fourth-order valence-electron chi connectivity index (χ4n) is 1.43. The predicted octanol–water partition coefficient (Wildman–Crippen LogP) is 3.40. The molecule has 0 aliphatic rings. The van der Waals surface area contributed by atoms with Gasteiger partial charge in [0.15, 0.2) is 5.58 Å². The van der Waals surface area contributed by atoms with E-state index >= 15 is 0 Å². The molecule has 1 aromatic heterocycles. The molecule has 108 valence electrons. The molecule has 0 atom stereocenters. The van der Waals surface area contributed by atoms with Crippen molar-refractivity contribution in [2.24, 2.45) is 0 Å². The number of nitro groups is 1. The van der Waals surface area contributed by atoms with Crippen LogP contribution in [-0.2, 0) is 0 Å². The molecule has 0 aliphatic heterocycles. The Morgan fingerprint density at radius 3 is 2.85 bits per heavy atom. The van der Waals surface area contributed by atoms with Crippen molar-refractivity contribution in [2.45, 2.75) is 5.51 Å². The van der Waals surface area contributed by atoms with Gasteiger partial charge in [0.1, 0.15) is 5.52 Å². The number of thioether (sulfide) groups is 1. The number of nitrogens with one attached hydrogen (secondary N) is 1. The average molecular weight is 307 g/mol. The van der Waals surface area contributed by atoms with E-state index in [4.69, 9.17) is 4.42 Å². The van der Waals surface area contributed by atoms with Crippen molar-refractivity contribution in [1.29, 1.82) is 0 Å². The van der Waals surface area contributed by atoms with Crippen LogP contribution in [0.3, 0.4) is 0 Å². The predicted molar refractivity (Wildman–Crippen MR) is 67.7 cm³/mol. The fraction of sp³-hybridized carbons (Fsp3) is 0.300. The standard InChI is InChI=1S/C10H8F3N3O3S/c11-10(12,13)20-4-3-14-9-15-7-5-6(16(17)18)1-2-8(7)19-9/h1-2,5H,3-4H2,(H,14,15). The highest BCUT2D eigenvalue weighted by molar-refractivity contribution is 8.00. The van der Waals surface area contributed by atoms with Gasteiger partial charge in [0.2, 0.25) is 0 Å². The molecule has 0 fully saturated rings. The summed E-state index contributed by atoms with van der Waals surface area (Å²) >= 11 is -0.155. The van der Waals surface area contributed by atoms with Gasteiger partial charge in [0.05, 0.1) is 4.92 Å². The summed E-state index contributed by atoms with van der Waals surface area (Å²) in [6.07, 6.45) is 0. The number of fused-ring (bicyclic) bond motifs is 1. The quantitative estimate of drug-likeness (QED) is 0.518. The van der Waals surface area contributed by atoms with Gasteiger partial charge in [-0.1, -0.05) is 0 Å². The Kier molecular flexibility index (Phi) is 4.02. The van der Waals surface area contributed by atoms with Gasteiger partial charge in [-0.15, -0.1) is 0 Å². The van der Waals surface area contributed by atoms with E-state index in [0.29, 0.717) is 5.58 Å². The molecule has 0 spiro atoms. The van der Waals surface area contributed by atoms with Gasteiger partial charge in [-0.25, -0.2) is 0 Å².